The van der Waals surface area contributed by atoms with Gasteiger partial charge in [0.2, 0.25) is 5.82 Å². The molecule has 4 aromatic carbocycles. The summed E-state index contributed by atoms with van der Waals surface area (Å²) < 4.78 is 121. The molecule has 0 saturated carbocycles. The molecule has 0 N–H and O–H groups in total. The van der Waals surface area contributed by atoms with Gasteiger partial charge in [-0.05, 0) is 23.3 Å². The van der Waals surface area contributed by atoms with Crippen molar-refractivity contribution in [2.24, 2.45) is 0 Å². The first kappa shape index (κ1) is 27.8. The predicted octanol–water partition coefficient (Wildman–Crippen LogP) is 7.00. The summed E-state index contributed by atoms with van der Waals surface area (Å²) >= 11 is 0. The third kappa shape index (κ3) is 5.01. The Morgan fingerprint density at radius 3 is 2.15 bits per heavy atom. The number of methoxy groups -OCH3 is 1. The van der Waals surface area contributed by atoms with Gasteiger partial charge in [0.1, 0.15) is 23.9 Å². The molecule has 1 aliphatic heterocycles. The monoisotopic (exact) mass is 577 g/mol. The normalized spacial score (nSPS) is 14.5. The molecule has 212 valence electrons. The summed E-state index contributed by atoms with van der Waals surface area (Å²) in [7, 11) is 1.41. The number of esters is 1. The van der Waals surface area contributed by atoms with Gasteiger partial charge < -0.3 is 19.1 Å². The second-order valence-corrected chi connectivity index (χ2v) is 8.86. The number of anilines is 1. The SMILES string of the molecule is COc1ccc(CN2c3c(cc(F)c(-c4c(F)c(F)c(F)c(OCc5ccccc5)c4F)c3F)OC(=O)C2F)cc1. The molecule has 5 rings (SSSR count). The lowest BCUT2D eigenvalue weighted by molar-refractivity contribution is -0.141. The van der Waals surface area contributed by atoms with E-state index in [4.69, 9.17) is 14.2 Å². The Morgan fingerprint density at radius 1 is 0.805 bits per heavy atom. The molecule has 4 aromatic rings. The maximum Gasteiger partial charge on any atom is 0.367 e. The van der Waals surface area contributed by atoms with Crippen molar-refractivity contribution in [1.29, 1.82) is 0 Å². The number of alkyl halides is 1. The average Bonchev–Trinajstić information content (AvgIpc) is 2.97. The van der Waals surface area contributed by atoms with Crippen LogP contribution in [0.4, 0.5) is 36.4 Å². The van der Waals surface area contributed by atoms with E-state index in [-0.39, 0.29) is 0 Å². The minimum absolute atomic E-state index is 0.334. The van der Waals surface area contributed by atoms with Crippen LogP contribution in [0.3, 0.4) is 0 Å². The molecular weight excluding hydrogens is 559 g/mol. The fraction of sp³-hybridized carbons (Fsp3) is 0.138. The van der Waals surface area contributed by atoms with Crippen molar-refractivity contribution in [1.82, 2.24) is 0 Å². The summed E-state index contributed by atoms with van der Waals surface area (Å²) in [5, 5.41) is 0. The van der Waals surface area contributed by atoms with Gasteiger partial charge in [-0.25, -0.2) is 31.1 Å². The molecule has 1 unspecified atom stereocenters. The zero-order valence-corrected chi connectivity index (χ0v) is 21.0. The highest BCUT2D eigenvalue weighted by molar-refractivity contribution is 5.88. The molecular formula is C29H18F7NO4. The fourth-order valence-corrected chi connectivity index (χ4v) is 4.33. The Morgan fingerprint density at radius 2 is 1.49 bits per heavy atom. The highest BCUT2D eigenvalue weighted by atomic mass is 19.2. The molecule has 0 radical (unpaired) electrons. The minimum Gasteiger partial charge on any atom is -0.497 e. The minimum atomic E-state index is -2.61. The van der Waals surface area contributed by atoms with Crippen LogP contribution in [-0.4, -0.2) is 19.4 Å². The van der Waals surface area contributed by atoms with Gasteiger partial charge in [-0.2, -0.15) is 4.39 Å². The molecule has 0 bridgehead atoms. The van der Waals surface area contributed by atoms with Gasteiger partial charge >= 0.3 is 5.97 Å². The van der Waals surface area contributed by atoms with Crippen LogP contribution in [0.5, 0.6) is 17.2 Å². The highest BCUT2D eigenvalue weighted by Crippen LogP contribution is 2.46. The molecule has 0 aromatic heterocycles. The molecule has 41 heavy (non-hydrogen) atoms. The number of carbonyl (C=O) groups is 1. The lowest BCUT2D eigenvalue weighted by Gasteiger charge is -2.33. The third-order valence-corrected chi connectivity index (χ3v) is 6.33. The number of hydrogen-bond donors (Lipinski definition) is 0. The van der Waals surface area contributed by atoms with Gasteiger partial charge in [0.05, 0.1) is 18.2 Å². The van der Waals surface area contributed by atoms with Crippen molar-refractivity contribution in [3.05, 3.63) is 107 Å². The topological polar surface area (TPSA) is 48.0 Å². The van der Waals surface area contributed by atoms with Gasteiger partial charge in [-0.1, -0.05) is 42.5 Å². The van der Waals surface area contributed by atoms with E-state index in [2.05, 4.69) is 0 Å². The number of halogens is 7. The van der Waals surface area contributed by atoms with Crippen LogP contribution in [0.1, 0.15) is 11.1 Å². The molecule has 0 aliphatic carbocycles. The second-order valence-electron chi connectivity index (χ2n) is 8.86. The van der Waals surface area contributed by atoms with Crippen LogP contribution in [0.25, 0.3) is 11.1 Å². The van der Waals surface area contributed by atoms with E-state index >= 15 is 17.6 Å². The van der Waals surface area contributed by atoms with Crippen LogP contribution < -0.4 is 19.1 Å². The van der Waals surface area contributed by atoms with E-state index in [1.807, 2.05) is 0 Å². The summed E-state index contributed by atoms with van der Waals surface area (Å²) in [5.74, 6) is -15.3. The van der Waals surface area contributed by atoms with Gasteiger partial charge in [-0.15, -0.1) is 0 Å². The molecule has 0 fully saturated rings. The molecule has 0 amide bonds. The van der Waals surface area contributed by atoms with Gasteiger partial charge in [0.15, 0.2) is 34.8 Å². The molecule has 1 aliphatic rings. The van der Waals surface area contributed by atoms with Crippen LogP contribution in [0.15, 0.2) is 60.7 Å². The molecule has 0 saturated heterocycles. The second kappa shape index (κ2) is 11.0. The maximum absolute atomic E-state index is 16.0. The Balaban J connectivity index is 1.64. The molecule has 1 heterocycles. The molecule has 1 atom stereocenters. The van der Waals surface area contributed by atoms with Crippen LogP contribution >= 0.6 is 0 Å². The van der Waals surface area contributed by atoms with E-state index in [1.165, 1.54) is 43.5 Å². The summed E-state index contributed by atoms with van der Waals surface area (Å²) in [6, 6.07) is 14.2. The van der Waals surface area contributed by atoms with E-state index in [0.29, 0.717) is 27.8 Å². The number of nitrogens with zero attached hydrogens (tertiary/aromatic N) is 1. The van der Waals surface area contributed by atoms with Gasteiger partial charge in [-0.3, -0.25) is 0 Å². The number of carbonyl (C=O) groups excluding carboxylic acids is 1. The summed E-state index contributed by atoms with van der Waals surface area (Å²) in [6.45, 7) is -0.979. The third-order valence-electron chi connectivity index (χ3n) is 6.33. The largest absolute Gasteiger partial charge is 0.497 e. The highest BCUT2D eigenvalue weighted by Gasteiger charge is 2.41. The standard InChI is InChI=1S/C29H18F7NO4/c1-39-16-9-7-14(8-10-16)12-37-26-18(41-29(38)28(37)36)11-17(30)19(22(26)32)20-21(31)24(34)25(35)27(23(20)33)40-13-15-5-3-2-4-6-15/h2-11,28H,12-13H2,1H3. The summed E-state index contributed by atoms with van der Waals surface area (Å²) in [6.07, 6.45) is -2.61. The van der Waals surface area contributed by atoms with E-state index < -0.39 is 88.6 Å². The van der Waals surface area contributed by atoms with Crippen molar-refractivity contribution < 1.29 is 49.7 Å². The van der Waals surface area contributed by atoms with Crippen molar-refractivity contribution in [3.8, 4) is 28.4 Å². The van der Waals surface area contributed by atoms with E-state index in [1.54, 1.807) is 18.2 Å². The van der Waals surface area contributed by atoms with Crippen LogP contribution in [0, 0.1) is 34.9 Å². The Bertz CT molecular complexity index is 1630. The quantitative estimate of drug-likeness (QED) is 0.0592. The Hall–Kier alpha value is -4.74. The molecule has 5 nitrogen and oxygen atoms in total. The first-order valence-electron chi connectivity index (χ1n) is 11.9. The van der Waals surface area contributed by atoms with Crippen molar-refractivity contribution in [3.63, 3.8) is 0 Å². The number of ether oxygens (including phenoxy) is 3. The summed E-state index contributed by atoms with van der Waals surface area (Å²) in [4.78, 5) is 12.7. The smallest absolute Gasteiger partial charge is 0.367 e. The lowest BCUT2D eigenvalue weighted by atomic mass is 9.99. The van der Waals surface area contributed by atoms with E-state index in [0.717, 1.165) is 0 Å². The zero-order valence-electron chi connectivity index (χ0n) is 21.0. The van der Waals surface area contributed by atoms with E-state index in [9.17, 15) is 18.0 Å². The molecule has 0 spiro atoms. The maximum atomic E-state index is 16.0. The number of rotatable bonds is 7. The summed E-state index contributed by atoms with van der Waals surface area (Å²) in [5.41, 5.74) is -3.27. The van der Waals surface area contributed by atoms with Crippen molar-refractivity contribution >= 4 is 11.7 Å². The van der Waals surface area contributed by atoms with Crippen molar-refractivity contribution in [2.75, 3.05) is 12.0 Å². The van der Waals surface area contributed by atoms with Crippen LogP contribution in [-0.2, 0) is 17.9 Å². The zero-order chi connectivity index (χ0) is 29.4. The Labute approximate surface area is 228 Å². The fourth-order valence-electron chi connectivity index (χ4n) is 4.33. The number of benzene rings is 4. The number of hydrogen-bond acceptors (Lipinski definition) is 5. The van der Waals surface area contributed by atoms with Crippen molar-refractivity contribution in [2.45, 2.75) is 19.4 Å². The first-order valence-corrected chi connectivity index (χ1v) is 11.9. The van der Waals surface area contributed by atoms with Gasteiger partial charge in [0, 0.05) is 12.6 Å². The number of fused-ring (bicyclic) bond motifs is 1. The average molecular weight is 577 g/mol. The van der Waals surface area contributed by atoms with Gasteiger partial charge in [0.25, 0.3) is 6.30 Å². The molecule has 12 heteroatoms. The first-order chi connectivity index (χ1) is 19.6. The predicted molar refractivity (Wildman–Crippen MR) is 132 cm³/mol. The van der Waals surface area contributed by atoms with Crippen LogP contribution in [0.2, 0.25) is 0 Å². The lowest BCUT2D eigenvalue weighted by Crippen LogP contribution is -2.44. The Kier molecular flexibility index (Phi) is 7.48.